The van der Waals surface area contributed by atoms with Crippen molar-refractivity contribution in [2.75, 3.05) is 7.05 Å². The number of pyridine rings is 1. The van der Waals surface area contributed by atoms with Crippen LogP contribution in [0.4, 0.5) is 0 Å². The Bertz CT molecular complexity index is 565. The van der Waals surface area contributed by atoms with Crippen molar-refractivity contribution in [3.63, 3.8) is 0 Å². The zero-order chi connectivity index (χ0) is 12.3. The van der Waals surface area contributed by atoms with Crippen LogP contribution < -0.4 is 4.72 Å². The van der Waals surface area contributed by atoms with Crippen LogP contribution in [0.3, 0.4) is 0 Å². The molecule has 0 spiro atoms. The number of nitrogens with zero attached hydrogens (tertiary/aromatic N) is 1. The van der Waals surface area contributed by atoms with E-state index in [-0.39, 0.29) is 5.41 Å². The number of hydrogen-bond donors (Lipinski definition) is 1. The van der Waals surface area contributed by atoms with Gasteiger partial charge in [0, 0.05) is 15.0 Å². The van der Waals surface area contributed by atoms with Gasteiger partial charge in [-0.15, -0.1) is 0 Å². The van der Waals surface area contributed by atoms with Crippen LogP contribution in [-0.4, -0.2) is 23.9 Å². The Hall–Kier alpha value is -0.210. The molecule has 3 aliphatic carbocycles. The maximum absolute atomic E-state index is 12.0. The molecule has 1 N–H and O–H groups in total. The lowest BCUT2D eigenvalue weighted by molar-refractivity contribution is 0.0152. The molecular weight excluding hydrogens is 351 g/mol. The maximum Gasteiger partial charge on any atom is 0.242 e. The van der Waals surface area contributed by atoms with E-state index in [1.54, 1.807) is 18.3 Å². The summed E-state index contributed by atoms with van der Waals surface area (Å²) >= 11 is 2.48. The van der Waals surface area contributed by atoms with E-state index in [1.807, 2.05) is 0 Å². The normalized spacial score (nSPS) is 34.9. The average molecular weight is 364 g/mol. The van der Waals surface area contributed by atoms with Gasteiger partial charge in [-0.3, -0.25) is 4.98 Å². The smallest absolute Gasteiger partial charge is 0.242 e. The van der Waals surface area contributed by atoms with Crippen molar-refractivity contribution in [2.24, 2.45) is 0 Å². The Labute approximate surface area is 114 Å². The molecule has 4 rings (SSSR count). The summed E-state index contributed by atoms with van der Waals surface area (Å²) in [5.74, 6) is 0. The highest BCUT2D eigenvalue weighted by Crippen LogP contribution is 2.72. The first-order chi connectivity index (χ1) is 7.91. The third-order valence-electron chi connectivity index (χ3n) is 3.80. The number of alkyl halides is 1. The first-order valence-electron chi connectivity index (χ1n) is 5.49. The molecule has 4 nitrogen and oxygen atoms in total. The molecule has 3 fully saturated rings. The molecule has 3 aliphatic rings. The molecule has 1 heterocycles. The standard InChI is InChI=1S/C11H13IN2O2S/c1-13-17(15,16)8-3-2-4-14-9(8)10-5-11(12,6-10)7-10/h2-4,13H,5-7H2,1H3. The lowest BCUT2D eigenvalue weighted by Crippen LogP contribution is -2.66. The van der Waals surface area contributed by atoms with Gasteiger partial charge in [0.2, 0.25) is 10.0 Å². The fraction of sp³-hybridized carbons (Fsp3) is 0.545. The van der Waals surface area contributed by atoms with Gasteiger partial charge in [0.05, 0.1) is 5.69 Å². The molecule has 0 unspecified atom stereocenters. The Kier molecular flexibility index (Phi) is 2.38. The van der Waals surface area contributed by atoms with E-state index >= 15 is 0 Å². The van der Waals surface area contributed by atoms with Crippen molar-refractivity contribution >= 4 is 32.6 Å². The molecule has 0 radical (unpaired) electrons. The largest absolute Gasteiger partial charge is 0.259 e. The summed E-state index contributed by atoms with van der Waals surface area (Å²) in [5, 5.41) is 0. The van der Waals surface area contributed by atoms with Crippen LogP contribution in [0.15, 0.2) is 23.2 Å². The van der Waals surface area contributed by atoms with Gasteiger partial charge in [-0.2, -0.15) is 0 Å². The monoisotopic (exact) mass is 364 g/mol. The maximum atomic E-state index is 12.0. The summed E-state index contributed by atoms with van der Waals surface area (Å²) in [6, 6.07) is 3.33. The van der Waals surface area contributed by atoms with Crippen molar-refractivity contribution in [1.29, 1.82) is 0 Å². The first-order valence-corrected chi connectivity index (χ1v) is 8.05. The Morgan fingerprint density at radius 1 is 1.41 bits per heavy atom. The molecule has 92 valence electrons. The second-order valence-corrected chi connectivity index (χ2v) is 9.16. The minimum atomic E-state index is -3.40. The van der Waals surface area contributed by atoms with Crippen LogP contribution in [0.1, 0.15) is 25.0 Å². The molecule has 0 aromatic carbocycles. The number of aromatic nitrogens is 1. The van der Waals surface area contributed by atoms with E-state index in [0.717, 1.165) is 25.0 Å². The lowest BCUT2D eigenvalue weighted by atomic mass is 9.43. The highest BCUT2D eigenvalue weighted by Gasteiger charge is 2.68. The first kappa shape index (κ1) is 11.9. The fourth-order valence-corrected chi connectivity index (χ4v) is 6.22. The highest BCUT2D eigenvalue weighted by molar-refractivity contribution is 14.1. The van der Waals surface area contributed by atoms with Gasteiger partial charge >= 0.3 is 0 Å². The summed E-state index contributed by atoms with van der Waals surface area (Å²) < 4.78 is 26.7. The minimum Gasteiger partial charge on any atom is -0.259 e. The summed E-state index contributed by atoms with van der Waals surface area (Å²) in [5.41, 5.74) is 0.787. The molecule has 1 aromatic rings. The highest BCUT2D eigenvalue weighted by atomic mass is 127. The van der Waals surface area contributed by atoms with Crippen LogP contribution in [0, 0.1) is 0 Å². The van der Waals surface area contributed by atoms with E-state index in [1.165, 1.54) is 7.05 Å². The van der Waals surface area contributed by atoms with E-state index in [4.69, 9.17) is 0 Å². The van der Waals surface area contributed by atoms with Gasteiger partial charge in [-0.1, -0.05) is 22.6 Å². The summed E-state index contributed by atoms with van der Waals surface area (Å²) in [6.45, 7) is 0. The molecular formula is C11H13IN2O2S. The number of halogens is 1. The van der Waals surface area contributed by atoms with Gasteiger partial charge < -0.3 is 0 Å². The zero-order valence-corrected chi connectivity index (χ0v) is 12.4. The third kappa shape index (κ3) is 1.57. The Balaban J connectivity index is 2.07. The molecule has 2 bridgehead atoms. The number of rotatable bonds is 3. The van der Waals surface area contributed by atoms with Gasteiger partial charge in [-0.05, 0) is 38.4 Å². The molecule has 1 aromatic heterocycles. The molecule has 6 heteroatoms. The van der Waals surface area contributed by atoms with Crippen LogP contribution in [0.25, 0.3) is 0 Å². The minimum absolute atomic E-state index is 0.0295. The molecule has 0 amide bonds. The molecule has 0 aliphatic heterocycles. The summed E-state index contributed by atoms with van der Waals surface area (Å²) in [4.78, 5) is 4.68. The van der Waals surface area contributed by atoms with Gasteiger partial charge in [-0.25, -0.2) is 13.1 Å². The predicted molar refractivity (Wildman–Crippen MR) is 72.8 cm³/mol. The molecule has 17 heavy (non-hydrogen) atoms. The second-order valence-electron chi connectivity index (χ2n) is 5.02. The lowest BCUT2D eigenvalue weighted by Gasteiger charge is -2.67. The van der Waals surface area contributed by atoms with Crippen molar-refractivity contribution < 1.29 is 8.42 Å². The van der Waals surface area contributed by atoms with Crippen LogP contribution >= 0.6 is 22.6 Å². The van der Waals surface area contributed by atoms with Gasteiger partial charge in [0.25, 0.3) is 0 Å². The SMILES string of the molecule is CNS(=O)(=O)c1cccnc1C12CC(I)(C1)C2. The quantitative estimate of drug-likeness (QED) is 0.655. The fourth-order valence-electron chi connectivity index (χ4n) is 3.03. The molecule has 3 saturated carbocycles. The average Bonchev–Trinajstić information content (AvgIpc) is 2.23. The Morgan fingerprint density at radius 3 is 2.59 bits per heavy atom. The third-order valence-corrected chi connectivity index (χ3v) is 6.39. The van der Waals surface area contributed by atoms with Crippen LogP contribution in [0.5, 0.6) is 0 Å². The van der Waals surface area contributed by atoms with Crippen molar-refractivity contribution in [3.05, 3.63) is 24.0 Å². The van der Waals surface area contributed by atoms with Gasteiger partial charge in [0.1, 0.15) is 4.90 Å². The number of hydrogen-bond acceptors (Lipinski definition) is 3. The van der Waals surface area contributed by atoms with Crippen LogP contribution in [-0.2, 0) is 15.4 Å². The summed E-state index contributed by atoms with van der Waals surface area (Å²) in [7, 11) is -1.96. The van der Waals surface area contributed by atoms with E-state index in [0.29, 0.717) is 8.32 Å². The predicted octanol–water partition coefficient (Wildman–Crippen LogP) is 1.60. The van der Waals surface area contributed by atoms with Crippen LogP contribution in [0.2, 0.25) is 0 Å². The van der Waals surface area contributed by atoms with E-state index < -0.39 is 10.0 Å². The van der Waals surface area contributed by atoms with Crippen molar-refractivity contribution in [3.8, 4) is 0 Å². The topological polar surface area (TPSA) is 59.1 Å². The number of sulfonamides is 1. The van der Waals surface area contributed by atoms with E-state index in [2.05, 4.69) is 32.3 Å². The molecule has 0 saturated heterocycles. The van der Waals surface area contributed by atoms with E-state index in [9.17, 15) is 8.42 Å². The second kappa shape index (κ2) is 3.42. The Morgan fingerprint density at radius 2 is 2.06 bits per heavy atom. The zero-order valence-electron chi connectivity index (χ0n) is 9.40. The van der Waals surface area contributed by atoms with Crippen molar-refractivity contribution in [2.45, 2.75) is 33.0 Å². The van der Waals surface area contributed by atoms with Gasteiger partial charge in [0.15, 0.2) is 0 Å². The van der Waals surface area contributed by atoms with Crippen molar-refractivity contribution in [1.82, 2.24) is 9.71 Å². The number of nitrogens with one attached hydrogen (secondary N) is 1. The molecule has 0 atom stereocenters. The summed E-state index contributed by atoms with van der Waals surface area (Å²) in [6.07, 6.45) is 4.86.